The first-order valence-electron chi connectivity index (χ1n) is 20.1. The fourth-order valence-corrected chi connectivity index (χ4v) is 9.21. The number of methoxy groups -OCH3 is 3. The molecule has 308 valence electrons. The average Bonchev–Trinajstić information content (AvgIpc) is 4.09. The summed E-state index contributed by atoms with van der Waals surface area (Å²) in [6.45, 7) is 8.11. The lowest BCUT2D eigenvalue weighted by atomic mass is 9.78. The number of likely N-dealkylation sites (tertiary alicyclic amines) is 1. The van der Waals surface area contributed by atoms with E-state index in [1.165, 1.54) is 19.2 Å². The number of hydrogen-bond acceptors (Lipinski definition) is 9. The Morgan fingerprint density at radius 3 is 2.12 bits per heavy atom. The van der Waals surface area contributed by atoms with Crippen LogP contribution in [-0.4, -0.2) is 93.8 Å². The van der Waals surface area contributed by atoms with E-state index in [4.69, 9.17) is 24.2 Å². The van der Waals surface area contributed by atoms with Crippen LogP contribution in [-0.2, 0) is 19.1 Å². The van der Waals surface area contributed by atoms with Gasteiger partial charge in [0.2, 0.25) is 11.8 Å². The van der Waals surface area contributed by atoms with Gasteiger partial charge in [-0.2, -0.15) is 0 Å². The molecule has 7 rings (SSSR count). The third kappa shape index (κ3) is 7.86. The molecule has 2 aromatic heterocycles. The molecule has 6 atom stereocenters. The van der Waals surface area contributed by atoms with Crippen molar-refractivity contribution < 1.29 is 33.4 Å². The summed E-state index contributed by atoms with van der Waals surface area (Å²) in [6, 6.07) is 13.0. The van der Waals surface area contributed by atoms with Gasteiger partial charge in [-0.05, 0) is 87.0 Å². The summed E-state index contributed by atoms with van der Waals surface area (Å²) in [5.74, 6) is 2.03. The van der Waals surface area contributed by atoms with Crippen LogP contribution in [0.15, 0.2) is 54.9 Å². The molecule has 3 heterocycles. The highest BCUT2D eigenvalue weighted by Gasteiger charge is 2.54. The van der Waals surface area contributed by atoms with Gasteiger partial charge in [-0.25, -0.2) is 30.0 Å². The first-order valence-corrected chi connectivity index (χ1v) is 20.1. The molecule has 4 amide bonds. The maximum Gasteiger partial charge on any atom is 0.425 e. The van der Waals surface area contributed by atoms with Gasteiger partial charge in [0.1, 0.15) is 23.4 Å². The second kappa shape index (κ2) is 16.9. The molecule has 0 radical (unpaired) electrons. The van der Waals surface area contributed by atoms with Gasteiger partial charge < -0.3 is 34.4 Å². The number of aromatic amines is 2. The number of hydrazine groups is 1. The molecule has 3 aliphatic rings. The molecular formula is C43H54N8O7. The second-order valence-electron chi connectivity index (χ2n) is 16.2. The van der Waals surface area contributed by atoms with E-state index in [-0.39, 0.29) is 47.6 Å². The van der Waals surface area contributed by atoms with Crippen LogP contribution < -0.4 is 15.5 Å². The summed E-state index contributed by atoms with van der Waals surface area (Å²) in [5.41, 5.74) is 8.04. The first kappa shape index (κ1) is 40.3. The lowest BCUT2D eigenvalue weighted by Crippen LogP contribution is -2.53. The number of amides is 4. The smallest absolute Gasteiger partial charge is 0.425 e. The lowest BCUT2D eigenvalue weighted by Gasteiger charge is -2.35. The number of imidazole rings is 2. The van der Waals surface area contributed by atoms with Crippen molar-refractivity contribution >= 4 is 24.0 Å². The Bertz CT molecular complexity index is 2130. The van der Waals surface area contributed by atoms with Crippen LogP contribution >= 0.6 is 0 Å². The molecule has 2 aromatic carbocycles. The molecule has 4 N–H and O–H groups in total. The van der Waals surface area contributed by atoms with E-state index in [0.717, 1.165) is 71.6 Å². The predicted octanol–water partition coefficient (Wildman–Crippen LogP) is 6.82. The van der Waals surface area contributed by atoms with Crippen molar-refractivity contribution in [2.75, 3.05) is 27.9 Å². The largest absolute Gasteiger partial charge is 0.496 e. The quantitative estimate of drug-likeness (QED) is 0.118. The lowest BCUT2D eigenvalue weighted by molar-refractivity contribution is -0.143. The molecule has 0 spiro atoms. The molecule has 3 fully saturated rings. The Morgan fingerprint density at radius 2 is 1.45 bits per heavy atom. The van der Waals surface area contributed by atoms with E-state index in [0.29, 0.717) is 24.0 Å². The zero-order chi connectivity index (χ0) is 41.2. The van der Waals surface area contributed by atoms with Crippen LogP contribution in [0.5, 0.6) is 5.75 Å². The Morgan fingerprint density at radius 1 is 0.810 bits per heavy atom. The maximum atomic E-state index is 14.0. The normalized spacial score (nSPS) is 21.6. The minimum atomic E-state index is -0.706. The number of alkyl carbamates (subject to hydrolysis) is 1. The molecule has 2 saturated carbocycles. The average molecular weight is 795 g/mol. The van der Waals surface area contributed by atoms with Crippen molar-refractivity contribution in [3.05, 3.63) is 66.5 Å². The topological polar surface area (TPSA) is 184 Å². The van der Waals surface area contributed by atoms with Gasteiger partial charge in [0.05, 0.1) is 57.1 Å². The molecule has 2 aliphatic carbocycles. The Labute approximate surface area is 338 Å². The van der Waals surface area contributed by atoms with Gasteiger partial charge in [-0.1, -0.05) is 44.2 Å². The van der Waals surface area contributed by atoms with E-state index in [9.17, 15) is 19.2 Å². The van der Waals surface area contributed by atoms with Crippen molar-refractivity contribution in [1.29, 1.82) is 0 Å². The maximum absolute atomic E-state index is 14.0. The minimum Gasteiger partial charge on any atom is -0.496 e. The minimum absolute atomic E-state index is 0.0687. The molecule has 15 nitrogen and oxygen atoms in total. The van der Waals surface area contributed by atoms with Crippen LogP contribution in [0.4, 0.5) is 9.59 Å². The highest BCUT2D eigenvalue weighted by Crippen LogP contribution is 2.56. The number of rotatable bonds is 11. The molecule has 58 heavy (non-hydrogen) atoms. The Hall–Kier alpha value is -5.86. The van der Waals surface area contributed by atoms with Crippen molar-refractivity contribution in [2.45, 2.75) is 83.8 Å². The van der Waals surface area contributed by atoms with Crippen molar-refractivity contribution in [2.24, 2.45) is 23.7 Å². The standard InChI is InChI=1S/C43H54N8O7/c1-23(2)37(48-42(54)57-6)41(53)50-18-8-9-33(50)38-44-22-32(46-38)27-16-17-30(34(20-27)56-5)25-10-12-26(13-11-25)31-21-45-39(47-31)35-28-14-15-29(19-28)36(35)40(52)51(24(3)4)49-43(55)58-7/h10-13,16-17,20-24,28-29,33,35-37H,8-9,14-15,18-19H2,1-7H3,(H,44,46)(H,45,47)(H,48,54)(H,49,55)/t28?,29?,33-,35-,36-,37-/m0/s1. The summed E-state index contributed by atoms with van der Waals surface area (Å²) in [4.78, 5) is 69.9. The highest BCUT2D eigenvalue weighted by molar-refractivity contribution is 5.86. The number of carbonyl (C=O) groups excluding carboxylic acids is 4. The fraction of sp³-hybridized carbons (Fsp3) is 0.488. The van der Waals surface area contributed by atoms with E-state index >= 15 is 0 Å². The van der Waals surface area contributed by atoms with Crippen molar-refractivity contribution in [3.8, 4) is 39.4 Å². The van der Waals surface area contributed by atoms with Gasteiger partial charge >= 0.3 is 12.2 Å². The molecule has 1 aliphatic heterocycles. The molecule has 1 saturated heterocycles. The zero-order valence-corrected chi connectivity index (χ0v) is 34.2. The summed E-state index contributed by atoms with van der Waals surface area (Å²) >= 11 is 0. The van der Waals surface area contributed by atoms with Crippen LogP contribution in [0.1, 0.15) is 83.4 Å². The fourth-order valence-electron chi connectivity index (χ4n) is 9.21. The van der Waals surface area contributed by atoms with E-state index in [1.807, 2.05) is 64.2 Å². The highest BCUT2D eigenvalue weighted by atomic mass is 16.5. The molecule has 2 unspecified atom stereocenters. The van der Waals surface area contributed by atoms with Gasteiger partial charge in [0.15, 0.2) is 0 Å². The third-order valence-electron chi connectivity index (χ3n) is 12.1. The number of benzene rings is 2. The first-order chi connectivity index (χ1) is 27.9. The van der Waals surface area contributed by atoms with Gasteiger partial charge in [0.25, 0.3) is 0 Å². The predicted molar refractivity (Wildman–Crippen MR) is 216 cm³/mol. The SMILES string of the molecule is COC(=O)N[C@H](C(=O)N1CCC[C@H]1c1ncc(-c2ccc(-c3ccc(-c4cnc([C@H]5C6CCC(C6)[C@@H]5C(=O)N(NC(=O)OC)C(C)C)[nH]4)cc3)c(OC)c2)[nH]1)C(C)C. The van der Waals surface area contributed by atoms with Crippen LogP contribution in [0.2, 0.25) is 0 Å². The van der Waals surface area contributed by atoms with Crippen LogP contribution in [0.25, 0.3) is 33.6 Å². The number of nitrogens with one attached hydrogen (secondary N) is 4. The Balaban J connectivity index is 1.06. The number of nitrogens with zero attached hydrogens (tertiary/aromatic N) is 4. The van der Waals surface area contributed by atoms with E-state index < -0.39 is 18.2 Å². The summed E-state index contributed by atoms with van der Waals surface area (Å²) < 4.78 is 15.4. The molecule has 4 aromatic rings. The number of ether oxygens (including phenoxy) is 3. The monoisotopic (exact) mass is 794 g/mol. The van der Waals surface area contributed by atoms with E-state index in [2.05, 4.69) is 32.8 Å². The number of H-pyrrole nitrogens is 2. The summed E-state index contributed by atoms with van der Waals surface area (Å²) in [5, 5.41) is 4.10. The molecule has 2 bridgehead atoms. The number of fused-ring (bicyclic) bond motifs is 2. The van der Waals surface area contributed by atoms with E-state index in [1.54, 1.807) is 18.2 Å². The van der Waals surface area contributed by atoms with Crippen LogP contribution in [0, 0.1) is 23.7 Å². The van der Waals surface area contributed by atoms with Crippen molar-refractivity contribution in [3.63, 3.8) is 0 Å². The van der Waals surface area contributed by atoms with Crippen LogP contribution in [0.3, 0.4) is 0 Å². The van der Waals surface area contributed by atoms with Gasteiger partial charge in [-0.3, -0.25) is 9.59 Å². The molecular weight excluding hydrogens is 741 g/mol. The summed E-state index contributed by atoms with van der Waals surface area (Å²) in [7, 11) is 4.22. The van der Waals surface area contributed by atoms with Gasteiger partial charge in [0, 0.05) is 29.6 Å². The molecule has 15 heteroatoms. The number of hydrogen-bond donors (Lipinski definition) is 4. The number of carbonyl (C=O) groups is 4. The number of aromatic nitrogens is 4. The second-order valence-corrected chi connectivity index (χ2v) is 16.2. The Kier molecular flexibility index (Phi) is 11.8. The third-order valence-corrected chi connectivity index (χ3v) is 12.1. The zero-order valence-electron chi connectivity index (χ0n) is 34.2. The summed E-state index contributed by atoms with van der Waals surface area (Å²) in [6.07, 6.45) is 6.91. The van der Waals surface area contributed by atoms with Gasteiger partial charge in [-0.15, -0.1) is 0 Å². The van der Waals surface area contributed by atoms with Crippen molar-refractivity contribution in [1.82, 2.24) is 40.6 Å².